The standard InChI is InChI=1S/C36H26S/c1-23-7-11-25(12-8-23)35-33-18-17-31(22-34(33)37-36(35)26-13-9-24(2)10-14-26)29-15-16-30-19-27-5-3-4-6-28(27)20-32(30)21-29/h3-22H,1-2H3. The third-order valence-corrected chi connectivity index (χ3v) is 8.58. The summed E-state index contributed by atoms with van der Waals surface area (Å²) in [5.41, 5.74) is 8.97. The van der Waals surface area contributed by atoms with Crippen LogP contribution in [0.3, 0.4) is 0 Å². The minimum absolute atomic E-state index is 1.26. The molecule has 37 heavy (non-hydrogen) atoms. The predicted molar refractivity (Wildman–Crippen MR) is 163 cm³/mol. The molecule has 176 valence electrons. The minimum Gasteiger partial charge on any atom is -0.135 e. The van der Waals surface area contributed by atoms with Crippen molar-refractivity contribution in [1.29, 1.82) is 0 Å². The van der Waals surface area contributed by atoms with Gasteiger partial charge in [-0.3, -0.25) is 0 Å². The Morgan fingerprint density at radius 3 is 1.68 bits per heavy atom. The molecule has 0 radical (unpaired) electrons. The van der Waals surface area contributed by atoms with Crippen LogP contribution in [-0.2, 0) is 0 Å². The molecule has 0 aliphatic rings. The highest BCUT2D eigenvalue weighted by molar-refractivity contribution is 7.23. The molecule has 0 nitrogen and oxygen atoms in total. The summed E-state index contributed by atoms with van der Waals surface area (Å²) >= 11 is 1.90. The van der Waals surface area contributed by atoms with Crippen molar-refractivity contribution >= 4 is 43.0 Å². The Kier molecular flexibility index (Phi) is 5.20. The average Bonchev–Trinajstić information content (AvgIpc) is 3.31. The van der Waals surface area contributed by atoms with E-state index in [2.05, 4.69) is 135 Å². The number of aryl methyl sites for hydroxylation is 2. The Balaban J connectivity index is 1.40. The maximum absolute atomic E-state index is 2.37. The third kappa shape index (κ3) is 3.93. The lowest BCUT2D eigenvalue weighted by atomic mass is 9.95. The Labute approximate surface area is 221 Å². The Bertz CT molecular complexity index is 1920. The Morgan fingerprint density at radius 2 is 0.973 bits per heavy atom. The van der Waals surface area contributed by atoms with Gasteiger partial charge in [0.2, 0.25) is 0 Å². The van der Waals surface area contributed by atoms with Gasteiger partial charge in [0.1, 0.15) is 0 Å². The lowest BCUT2D eigenvalue weighted by Gasteiger charge is -2.08. The summed E-state index contributed by atoms with van der Waals surface area (Å²) in [7, 11) is 0. The van der Waals surface area contributed by atoms with Gasteiger partial charge in [0.05, 0.1) is 0 Å². The van der Waals surface area contributed by atoms with Crippen molar-refractivity contribution in [3.05, 3.63) is 132 Å². The van der Waals surface area contributed by atoms with E-state index in [-0.39, 0.29) is 0 Å². The molecule has 0 aliphatic carbocycles. The van der Waals surface area contributed by atoms with Gasteiger partial charge in [0, 0.05) is 20.5 Å². The predicted octanol–water partition coefficient (Wildman–Crippen LogP) is 10.8. The monoisotopic (exact) mass is 490 g/mol. The second-order valence-corrected chi connectivity index (χ2v) is 11.1. The molecule has 0 saturated carbocycles. The van der Waals surface area contributed by atoms with Gasteiger partial charge in [-0.05, 0) is 81.9 Å². The molecule has 0 unspecified atom stereocenters. The van der Waals surface area contributed by atoms with Crippen molar-refractivity contribution in [2.45, 2.75) is 13.8 Å². The summed E-state index contributed by atoms with van der Waals surface area (Å²) in [6.45, 7) is 4.29. The SMILES string of the molecule is Cc1ccc(-c2sc3cc(-c4ccc5cc6ccccc6cc5c4)ccc3c2-c2ccc(C)cc2)cc1. The fourth-order valence-corrected chi connectivity index (χ4v) is 6.58. The fraction of sp³-hybridized carbons (Fsp3) is 0.0556. The molecule has 7 aromatic rings. The summed E-state index contributed by atoms with van der Waals surface area (Å²) in [5.74, 6) is 0. The van der Waals surface area contributed by atoms with Crippen LogP contribution in [0.4, 0.5) is 0 Å². The molecule has 0 spiro atoms. The molecular weight excluding hydrogens is 464 g/mol. The van der Waals surface area contributed by atoms with Crippen LogP contribution in [0.15, 0.2) is 121 Å². The summed E-state index contributed by atoms with van der Waals surface area (Å²) < 4.78 is 1.32. The maximum atomic E-state index is 2.37. The molecule has 6 aromatic carbocycles. The zero-order valence-electron chi connectivity index (χ0n) is 21.0. The van der Waals surface area contributed by atoms with Crippen LogP contribution in [0.5, 0.6) is 0 Å². The van der Waals surface area contributed by atoms with Crippen LogP contribution in [0.2, 0.25) is 0 Å². The van der Waals surface area contributed by atoms with Gasteiger partial charge >= 0.3 is 0 Å². The van der Waals surface area contributed by atoms with Gasteiger partial charge in [-0.25, -0.2) is 0 Å². The van der Waals surface area contributed by atoms with E-state index in [0.29, 0.717) is 0 Å². The molecule has 1 heterocycles. The zero-order chi connectivity index (χ0) is 24.9. The molecule has 0 bridgehead atoms. The van der Waals surface area contributed by atoms with Crippen molar-refractivity contribution in [2.75, 3.05) is 0 Å². The van der Waals surface area contributed by atoms with E-state index in [4.69, 9.17) is 0 Å². The quantitative estimate of drug-likeness (QED) is 0.216. The van der Waals surface area contributed by atoms with Crippen molar-refractivity contribution < 1.29 is 0 Å². The van der Waals surface area contributed by atoms with Crippen LogP contribution in [0.1, 0.15) is 11.1 Å². The highest BCUT2D eigenvalue weighted by Gasteiger charge is 2.16. The lowest BCUT2D eigenvalue weighted by Crippen LogP contribution is -1.83. The number of fused-ring (bicyclic) bond motifs is 3. The molecular formula is C36H26S. The second kappa shape index (κ2) is 8.73. The lowest BCUT2D eigenvalue weighted by molar-refractivity contribution is 1.47. The molecule has 0 N–H and O–H groups in total. The van der Waals surface area contributed by atoms with Crippen molar-refractivity contribution in [3.8, 4) is 32.7 Å². The van der Waals surface area contributed by atoms with Crippen molar-refractivity contribution in [1.82, 2.24) is 0 Å². The number of thiophene rings is 1. The Hall–Kier alpha value is -4.20. The molecule has 0 aliphatic heterocycles. The number of hydrogen-bond acceptors (Lipinski definition) is 1. The maximum Gasteiger partial charge on any atom is 0.0433 e. The molecule has 0 atom stereocenters. The number of hydrogen-bond donors (Lipinski definition) is 0. The van der Waals surface area contributed by atoms with E-state index in [1.165, 1.54) is 75.5 Å². The normalized spacial score (nSPS) is 11.5. The summed E-state index contributed by atoms with van der Waals surface area (Å²) in [6.07, 6.45) is 0. The van der Waals surface area contributed by atoms with Gasteiger partial charge in [-0.15, -0.1) is 11.3 Å². The first-order chi connectivity index (χ1) is 18.1. The second-order valence-electron chi connectivity index (χ2n) is 10.0. The van der Waals surface area contributed by atoms with Crippen LogP contribution in [0.25, 0.3) is 64.3 Å². The van der Waals surface area contributed by atoms with E-state index in [9.17, 15) is 0 Å². The number of benzene rings is 6. The zero-order valence-corrected chi connectivity index (χ0v) is 21.8. The van der Waals surface area contributed by atoms with Crippen LogP contribution >= 0.6 is 11.3 Å². The first-order valence-electron chi connectivity index (χ1n) is 12.8. The molecule has 0 fully saturated rings. The highest BCUT2D eigenvalue weighted by Crippen LogP contribution is 2.46. The van der Waals surface area contributed by atoms with Gasteiger partial charge in [0.25, 0.3) is 0 Å². The van der Waals surface area contributed by atoms with E-state index >= 15 is 0 Å². The van der Waals surface area contributed by atoms with Crippen LogP contribution < -0.4 is 0 Å². The van der Waals surface area contributed by atoms with Gasteiger partial charge in [0.15, 0.2) is 0 Å². The first kappa shape index (κ1) is 22.0. The Morgan fingerprint density at radius 1 is 0.432 bits per heavy atom. The smallest absolute Gasteiger partial charge is 0.0433 e. The minimum atomic E-state index is 1.26. The molecule has 0 amide bonds. The van der Waals surface area contributed by atoms with E-state index in [1.807, 2.05) is 11.3 Å². The van der Waals surface area contributed by atoms with E-state index in [1.54, 1.807) is 0 Å². The third-order valence-electron chi connectivity index (χ3n) is 7.38. The van der Waals surface area contributed by atoms with E-state index < -0.39 is 0 Å². The number of rotatable bonds is 3. The molecule has 1 heteroatoms. The summed E-state index contributed by atoms with van der Waals surface area (Å²) in [4.78, 5) is 1.33. The van der Waals surface area contributed by atoms with Crippen LogP contribution in [0, 0.1) is 13.8 Å². The van der Waals surface area contributed by atoms with Crippen molar-refractivity contribution in [2.24, 2.45) is 0 Å². The molecule has 7 rings (SSSR count). The summed E-state index contributed by atoms with van der Waals surface area (Å²) in [5, 5.41) is 6.45. The van der Waals surface area contributed by atoms with Crippen molar-refractivity contribution in [3.63, 3.8) is 0 Å². The highest BCUT2D eigenvalue weighted by atomic mass is 32.1. The topological polar surface area (TPSA) is 0 Å². The average molecular weight is 491 g/mol. The van der Waals surface area contributed by atoms with Crippen LogP contribution in [-0.4, -0.2) is 0 Å². The summed E-state index contributed by atoms with van der Waals surface area (Å²) in [6, 6.07) is 44.9. The molecule has 0 saturated heterocycles. The van der Waals surface area contributed by atoms with Gasteiger partial charge in [-0.1, -0.05) is 108 Å². The fourth-order valence-electron chi connectivity index (χ4n) is 5.31. The largest absolute Gasteiger partial charge is 0.135 e. The molecule has 1 aromatic heterocycles. The first-order valence-corrected chi connectivity index (χ1v) is 13.6. The van der Waals surface area contributed by atoms with Gasteiger partial charge < -0.3 is 0 Å². The van der Waals surface area contributed by atoms with Gasteiger partial charge in [-0.2, -0.15) is 0 Å². The van der Waals surface area contributed by atoms with E-state index in [0.717, 1.165) is 0 Å².